The van der Waals surface area contributed by atoms with Crippen LogP contribution in [-0.2, 0) is 10.2 Å². The van der Waals surface area contributed by atoms with Crippen LogP contribution in [0.25, 0.3) is 0 Å². The van der Waals surface area contributed by atoms with Gasteiger partial charge in [0.2, 0.25) is 0 Å². The molecule has 2 rings (SSSR count). The lowest BCUT2D eigenvalue weighted by molar-refractivity contribution is 0.0913. The molecule has 1 saturated heterocycles. The van der Waals surface area contributed by atoms with E-state index in [9.17, 15) is 13.2 Å². The molecule has 0 aliphatic carbocycles. The van der Waals surface area contributed by atoms with Gasteiger partial charge in [0.05, 0.1) is 6.26 Å². The van der Waals surface area contributed by atoms with Crippen molar-refractivity contribution in [2.45, 2.75) is 12.8 Å². The van der Waals surface area contributed by atoms with Gasteiger partial charge in [-0.25, -0.2) is 0 Å². The number of hydrogen-bond acceptors (Lipinski definition) is 4. The summed E-state index contributed by atoms with van der Waals surface area (Å²) in [7, 11) is -0.328. The van der Waals surface area contributed by atoms with Crippen LogP contribution in [0.5, 0.6) is 0 Å². The fourth-order valence-electron chi connectivity index (χ4n) is 2.37. The molecule has 1 aromatic rings. The molecule has 0 bridgehead atoms. The maximum absolute atomic E-state index is 12.1. The predicted molar refractivity (Wildman–Crippen MR) is 77.9 cm³/mol. The van der Waals surface area contributed by atoms with Gasteiger partial charge < -0.3 is 9.73 Å². The molecule has 0 aromatic carbocycles. The van der Waals surface area contributed by atoms with Crippen molar-refractivity contribution in [1.82, 2.24) is 13.9 Å². The molecule has 1 fully saturated rings. The van der Waals surface area contributed by atoms with E-state index in [1.54, 1.807) is 12.1 Å². The fourth-order valence-corrected chi connectivity index (χ4v) is 3.59. The van der Waals surface area contributed by atoms with Crippen molar-refractivity contribution in [3.63, 3.8) is 0 Å². The lowest BCUT2D eigenvalue weighted by Crippen LogP contribution is -2.47. The Morgan fingerprint density at radius 3 is 2.90 bits per heavy atom. The second-order valence-corrected chi connectivity index (χ2v) is 7.49. The minimum atomic E-state index is -3.38. The molecule has 0 saturated carbocycles. The number of nitrogens with one attached hydrogen (secondary N) is 1. The van der Waals surface area contributed by atoms with Gasteiger partial charge in [-0.2, -0.15) is 17.0 Å². The third kappa shape index (κ3) is 3.84. The first-order chi connectivity index (χ1) is 9.91. The van der Waals surface area contributed by atoms with Gasteiger partial charge in [-0.3, -0.25) is 4.79 Å². The molecule has 1 aliphatic heterocycles. The number of amides is 1. The van der Waals surface area contributed by atoms with Gasteiger partial charge in [-0.05, 0) is 30.9 Å². The quantitative estimate of drug-likeness (QED) is 0.859. The summed E-state index contributed by atoms with van der Waals surface area (Å²) in [5, 5.41) is 2.79. The van der Waals surface area contributed by atoms with Crippen molar-refractivity contribution in [2.24, 2.45) is 5.92 Å². The summed E-state index contributed by atoms with van der Waals surface area (Å²) >= 11 is 0. The van der Waals surface area contributed by atoms with Gasteiger partial charge >= 0.3 is 0 Å². The molecule has 7 nitrogen and oxygen atoms in total. The van der Waals surface area contributed by atoms with E-state index in [4.69, 9.17) is 4.42 Å². The van der Waals surface area contributed by atoms with Crippen LogP contribution < -0.4 is 5.32 Å². The molecule has 0 spiro atoms. The normalized spacial score (nSPS) is 20.6. The Labute approximate surface area is 125 Å². The largest absolute Gasteiger partial charge is 0.459 e. The zero-order chi connectivity index (χ0) is 15.5. The Kier molecular flexibility index (Phi) is 5.02. The topological polar surface area (TPSA) is 82.9 Å². The molecule has 8 heteroatoms. The smallest absolute Gasteiger partial charge is 0.286 e. The number of nitrogens with zero attached hydrogens (tertiary/aromatic N) is 2. The van der Waals surface area contributed by atoms with Crippen LogP contribution in [0, 0.1) is 5.92 Å². The van der Waals surface area contributed by atoms with Gasteiger partial charge in [0.1, 0.15) is 0 Å². The molecule has 2 heterocycles. The summed E-state index contributed by atoms with van der Waals surface area (Å²) in [6.45, 7) is 1.40. The molecule has 1 atom stereocenters. The molecule has 118 valence electrons. The molecule has 1 aromatic heterocycles. The Morgan fingerprint density at radius 1 is 1.52 bits per heavy atom. The fraction of sp³-hybridized carbons (Fsp3) is 0.615. The minimum absolute atomic E-state index is 0.118. The van der Waals surface area contributed by atoms with Gasteiger partial charge in [-0.1, -0.05) is 0 Å². The first-order valence-corrected chi connectivity index (χ1v) is 8.30. The third-order valence-electron chi connectivity index (χ3n) is 3.57. The standard InChI is InChI=1S/C13H21N3O4S/c1-15(2)21(18,19)16-7-3-5-11(10-16)9-14-13(17)12-6-4-8-20-12/h4,6,8,11H,3,5,7,9-10H2,1-2H3,(H,14,17). The van der Waals surface area contributed by atoms with E-state index in [-0.39, 0.29) is 17.6 Å². The van der Waals surface area contributed by atoms with E-state index in [2.05, 4.69) is 5.32 Å². The van der Waals surface area contributed by atoms with E-state index in [0.717, 1.165) is 12.8 Å². The Bertz CT molecular complexity index is 568. The van der Waals surface area contributed by atoms with Gasteiger partial charge in [0.15, 0.2) is 5.76 Å². The van der Waals surface area contributed by atoms with E-state index in [1.807, 2.05) is 0 Å². The molecule has 1 N–H and O–H groups in total. The highest BCUT2D eigenvalue weighted by atomic mass is 32.2. The van der Waals surface area contributed by atoms with Crippen LogP contribution in [-0.4, -0.2) is 56.7 Å². The molecule has 1 amide bonds. The van der Waals surface area contributed by atoms with Crippen LogP contribution in [0.2, 0.25) is 0 Å². The SMILES string of the molecule is CN(C)S(=O)(=O)N1CCCC(CNC(=O)c2ccco2)C1. The lowest BCUT2D eigenvalue weighted by atomic mass is 10.00. The van der Waals surface area contributed by atoms with Gasteiger partial charge in [0.25, 0.3) is 16.1 Å². The number of furan rings is 1. The zero-order valence-corrected chi connectivity index (χ0v) is 13.1. The Hall–Kier alpha value is -1.38. The van der Waals surface area contributed by atoms with Crippen molar-refractivity contribution in [2.75, 3.05) is 33.7 Å². The highest BCUT2D eigenvalue weighted by Crippen LogP contribution is 2.19. The predicted octanol–water partition coefficient (Wildman–Crippen LogP) is 0.528. The van der Waals surface area contributed by atoms with Crippen LogP contribution in [0.3, 0.4) is 0 Å². The van der Waals surface area contributed by atoms with Gasteiger partial charge in [-0.15, -0.1) is 0 Å². The molecule has 1 aliphatic rings. The lowest BCUT2D eigenvalue weighted by Gasteiger charge is -2.33. The zero-order valence-electron chi connectivity index (χ0n) is 12.3. The second kappa shape index (κ2) is 6.59. The van der Waals surface area contributed by atoms with Crippen LogP contribution in [0.1, 0.15) is 23.4 Å². The average Bonchev–Trinajstić information content (AvgIpc) is 2.99. The van der Waals surface area contributed by atoms with E-state index >= 15 is 0 Å². The van der Waals surface area contributed by atoms with Crippen LogP contribution in [0.4, 0.5) is 0 Å². The highest BCUT2D eigenvalue weighted by molar-refractivity contribution is 7.86. The number of piperidine rings is 1. The number of rotatable bonds is 5. The summed E-state index contributed by atoms with van der Waals surface area (Å²) in [6, 6.07) is 3.25. The van der Waals surface area contributed by atoms with Gasteiger partial charge in [0, 0.05) is 33.7 Å². The first-order valence-electron chi connectivity index (χ1n) is 6.90. The molecular formula is C13H21N3O4S. The van der Waals surface area contributed by atoms with Crippen molar-refractivity contribution in [3.05, 3.63) is 24.2 Å². The van der Waals surface area contributed by atoms with Crippen molar-refractivity contribution >= 4 is 16.1 Å². The monoisotopic (exact) mass is 315 g/mol. The number of hydrogen-bond donors (Lipinski definition) is 1. The Balaban J connectivity index is 1.89. The van der Waals surface area contributed by atoms with Crippen molar-refractivity contribution in [1.29, 1.82) is 0 Å². The van der Waals surface area contributed by atoms with E-state index in [1.165, 1.54) is 29.0 Å². The summed E-state index contributed by atoms with van der Waals surface area (Å²) in [5.74, 6) is 0.114. The van der Waals surface area contributed by atoms with Crippen molar-refractivity contribution < 1.29 is 17.6 Å². The minimum Gasteiger partial charge on any atom is -0.459 e. The second-order valence-electron chi connectivity index (χ2n) is 5.34. The summed E-state index contributed by atoms with van der Waals surface area (Å²) < 4.78 is 31.9. The number of carbonyl (C=O) groups is 1. The van der Waals surface area contributed by atoms with E-state index in [0.29, 0.717) is 19.6 Å². The first kappa shape index (κ1) is 16.0. The molecule has 0 radical (unpaired) electrons. The summed E-state index contributed by atoms with van der Waals surface area (Å²) in [5.41, 5.74) is 0. The maximum Gasteiger partial charge on any atom is 0.286 e. The maximum atomic E-state index is 12.1. The molecule has 21 heavy (non-hydrogen) atoms. The number of carbonyl (C=O) groups excluding carboxylic acids is 1. The molecule has 1 unspecified atom stereocenters. The van der Waals surface area contributed by atoms with Crippen LogP contribution in [0.15, 0.2) is 22.8 Å². The summed E-state index contributed by atoms with van der Waals surface area (Å²) in [6.07, 6.45) is 3.15. The third-order valence-corrected chi connectivity index (χ3v) is 5.47. The van der Waals surface area contributed by atoms with Crippen molar-refractivity contribution in [3.8, 4) is 0 Å². The molecular weight excluding hydrogens is 294 g/mol. The van der Waals surface area contributed by atoms with Crippen LogP contribution >= 0.6 is 0 Å². The van der Waals surface area contributed by atoms with E-state index < -0.39 is 10.2 Å². The average molecular weight is 315 g/mol. The highest BCUT2D eigenvalue weighted by Gasteiger charge is 2.30. The summed E-state index contributed by atoms with van der Waals surface area (Å²) in [4.78, 5) is 11.8. The Morgan fingerprint density at radius 2 is 2.29 bits per heavy atom.